The van der Waals surface area contributed by atoms with Crippen LogP contribution >= 0.6 is 0 Å². The van der Waals surface area contributed by atoms with E-state index in [-0.39, 0.29) is 0 Å². The number of nitrogen functional groups attached to an aromatic ring is 1. The van der Waals surface area contributed by atoms with Crippen LogP contribution in [0.5, 0.6) is 6.01 Å². The van der Waals surface area contributed by atoms with Crippen LogP contribution in [0.15, 0.2) is 0 Å². The second kappa shape index (κ2) is 6.67. The molecule has 0 bridgehead atoms. The highest BCUT2D eigenvalue weighted by molar-refractivity contribution is 5.39. The van der Waals surface area contributed by atoms with Crippen LogP contribution < -0.4 is 20.9 Å². The predicted molar refractivity (Wildman–Crippen MR) is 77.7 cm³/mol. The first-order chi connectivity index (χ1) is 9.63. The highest BCUT2D eigenvalue weighted by Gasteiger charge is 2.26. The van der Waals surface area contributed by atoms with E-state index < -0.39 is 0 Å². The van der Waals surface area contributed by atoms with Crippen LogP contribution in [-0.4, -0.2) is 59.7 Å². The maximum Gasteiger partial charge on any atom is 0.323 e. The molecule has 1 aliphatic heterocycles. The van der Waals surface area contributed by atoms with Crippen LogP contribution in [0.4, 0.5) is 11.9 Å². The normalized spacial score (nSPS) is 18.6. The third-order valence-electron chi connectivity index (χ3n) is 3.34. The van der Waals surface area contributed by atoms with Crippen molar-refractivity contribution in [1.29, 1.82) is 0 Å². The summed E-state index contributed by atoms with van der Waals surface area (Å²) < 4.78 is 5.48. The van der Waals surface area contributed by atoms with Crippen molar-refractivity contribution >= 4 is 11.9 Å². The first-order valence-corrected chi connectivity index (χ1v) is 6.91. The average molecular weight is 281 g/mol. The summed E-state index contributed by atoms with van der Waals surface area (Å²) in [5, 5.41) is 0. The molecule has 8 nitrogen and oxygen atoms in total. The zero-order valence-electron chi connectivity index (χ0n) is 12.3. The van der Waals surface area contributed by atoms with E-state index in [1.807, 2.05) is 6.92 Å². The SMILES string of the molecule is CCCOc1nc(NN)nc(N2CCC(N(C)C)C2)n1. The van der Waals surface area contributed by atoms with Crippen molar-refractivity contribution in [3.8, 4) is 6.01 Å². The van der Waals surface area contributed by atoms with Gasteiger partial charge < -0.3 is 14.5 Å². The number of nitrogens with one attached hydrogen (secondary N) is 1. The number of rotatable bonds is 6. The number of hydrogen-bond donors (Lipinski definition) is 2. The van der Waals surface area contributed by atoms with E-state index in [4.69, 9.17) is 10.6 Å². The summed E-state index contributed by atoms with van der Waals surface area (Å²) in [5.41, 5.74) is 2.46. The molecule has 20 heavy (non-hydrogen) atoms. The number of nitrogens with zero attached hydrogens (tertiary/aromatic N) is 5. The molecule has 0 saturated carbocycles. The molecule has 1 aromatic heterocycles. The number of hydrazine groups is 1. The van der Waals surface area contributed by atoms with Gasteiger partial charge in [-0.15, -0.1) is 0 Å². The minimum Gasteiger partial charge on any atom is -0.463 e. The summed E-state index contributed by atoms with van der Waals surface area (Å²) in [6.45, 7) is 4.43. The maximum absolute atomic E-state index is 5.48. The van der Waals surface area contributed by atoms with E-state index in [0.29, 0.717) is 30.6 Å². The Morgan fingerprint density at radius 2 is 2.20 bits per heavy atom. The molecule has 0 aliphatic carbocycles. The number of likely N-dealkylation sites (N-methyl/N-ethyl adjacent to an activating group) is 1. The van der Waals surface area contributed by atoms with E-state index in [2.05, 4.69) is 44.3 Å². The molecule has 2 rings (SSSR count). The third kappa shape index (κ3) is 3.45. The average Bonchev–Trinajstić information content (AvgIpc) is 2.94. The Bertz CT molecular complexity index is 440. The monoisotopic (exact) mass is 281 g/mol. The van der Waals surface area contributed by atoms with Gasteiger partial charge in [-0.1, -0.05) is 6.92 Å². The second-order valence-corrected chi connectivity index (χ2v) is 5.09. The van der Waals surface area contributed by atoms with Crippen LogP contribution in [0.2, 0.25) is 0 Å². The number of aromatic nitrogens is 3. The highest BCUT2D eigenvalue weighted by Crippen LogP contribution is 2.21. The maximum atomic E-state index is 5.48. The van der Waals surface area contributed by atoms with Gasteiger partial charge in [0.25, 0.3) is 0 Å². The molecule has 0 amide bonds. The van der Waals surface area contributed by atoms with Gasteiger partial charge in [0.15, 0.2) is 0 Å². The Hall–Kier alpha value is -1.67. The van der Waals surface area contributed by atoms with Gasteiger partial charge in [0.2, 0.25) is 11.9 Å². The van der Waals surface area contributed by atoms with Crippen molar-refractivity contribution < 1.29 is 4.74 Å². The quantitative estimate of drug-likeness (QED) is 0.560. The first-order valence-electron chi connectivity index (χ1n) is 6.91. The number of ether oxygens (including phenoxy) is 1. The summed E-state index contributed by atoms with van der Waals surface area (Å²) >= 11 is 0. The smallest absolute Gasteiger partial charge is 0.323 e. The summed E-state index contributed by atoms with van der Waals surface area (Å²) in [7, 11) is 4.18. The van der Waals surface area contributed by atoms with Crippen molar-refractivity contribution in [3.63, 3.8) is 0 Å². The molecule has 1 aliphatic rings. The highest BCUT2D eigenvalue weighted by atomic mass is 16.5. The molecule has 1 unspecified atom stereocenters. The van der Waals surface area contributed by atoms with Crippen molar-refractivity contribution in [1.82, 2.24) is 19.9 Å². The lowest BCUT2D eigenvalue weighted by atomic mass is 10.2. The fraction of sp³-hybridized carbons (Fsp3) is 0.750. The fourth-order valence-electron chi connectivity index (χ4n) is 2.15. The van der Waals surface area contributed by atoms with E-state index in [0.717, 1.165) is 25.9 Å². The molecule has 1 fully saturated rings. The summed E-state index contributed by atoms with van der Waals surface area (Å²) in [5.74, 6) is 6.35. The van der Waals surface area contributed by atoms with Crippen molar-refractivity contribution in [3.05, 3.63) is 0 Å². The Morgan fingerprint density at radius 1 is 1.40 bits per heavy atom. The Kier molecular flexibility index (Phi) is 4.91. The first kappa shape index (κ1) is 14.7. The van der Waals surface area contributed by atoms with Crippen LogP contribution in [0, 0.1) is 0 Å². The van der Waals surface area contributed by atoms with Gasteiger partial charge in [0, 0.05) is 19.1 Å². The van der Waals surface area contributed by atoms with Crippen molar-refractivity contribution in [2.75, 3.05) is 44.1 Å². The molecule has 0 radical (unpaired) electrons. The van der Waals surface area contributed by atoms with E-state index in [1.54, 1.807) is 0 Å². The minimum atomic E-state index is 0.318. The molecular formula is C12H23N7O. The van der Waals surface area contributed by atoms with Gasteiger partial charge in [-0.2, -0.15) is 15.0 Å². The van der Waals surface area contributed by atoms with Crippen LogP contribution in [0.3, 0.4) is 0 Å². The van der Waals surface area contributed by atoms with Crippen LogP contribution in [0.25, 0.3) is 0 Å². The molecule has 0 spiro atoms. The molecule has 8 heteroatoms. The predicted octanol–water partition coefficient (Wildman–Crippen LogP) is 0.0863. The third-order valence-corrected chi connectivity index (χ3v) is 3.34. The zero-order valence-corrected chi connectivity index (χ0v) is 12.3. The molecule has 1 atom stereocenters. The zero-order chi connectivity index (χ0) is 14.5. The lowest BCUT2D eigenvalue weighted by molar-refractivity contribution is 0.291. The van der Waals surface area contributed by atoms with Gasteiger partial charge in [0.05, 0.1) is 6.61 Å². The molecule has 112 valence electrons. The Balaban J connectivity index is 2.14. The van der Waals surface area contributed by atoms with E-state index in [1.165, 1.54) is 0 Å². The molecule has 1 saturated heterocycles. The largest absolute Gasteiger partial charge is 0.463 e. The van der Waals surface area contributed by atoms with Gasteiger partial charge in [-0.3, -0.25) is 5.43 Å². The number of hydrogen-bond acceptors (Lipinski definition) is 8. The van der Waals surface area contributed by atoms with Crippen LogP contribution in [0.1, 0.15) is 19.8 Å². The lowest BCUT2D eigenvalue weighted by Crippen LogP contribution is -2.32. The second-order valence-electron chi connectivity index (χ2n) is 5.09. The van der Waals surface area contributed by atoms with Crippen molar-refractivity contribution in [2.45, 2.75) is 25.8 Å². The van der Waals surface area contributed by atoms with E-state index in [9.17, 15) is 0 Å². The van der Waals surface area contributed by atoms with Gasteiger partial charge in [-0.25, -0.2) is 5.84 Å². The van der Waals surface area contributed by atoms with E-state index >= 15 is 0 Å². The van der Waals surface area contributed by atoms with Crippen molar-refractivity contribution in [2.24, 2.45) is 5.84 Å². The molecule has 2 heterocycles. The summed E-state index contributed by atoms with van der Waals surface area (Å²) in [6, 6.07) is 0.833. The summed E-state index contributed by atoms with van der Waals surface area (Å²) in [4.78, 5) is 17.1. The Morgan fingerprint density at radius 3 is 2.80 bits per heavy atom. The van der Waals surface area contributed by atoms with Gasteiger partial charge in [0.1, 0.15) is 0 Å². The molecular weight excluding hydrogens is 258 g/mol. The van der Waals surface area contributed by atoms with Gasteiger partial charge >= 0.3 is 6.01 Å². The number of nitrogens with two attached hydrogens (primary N) is 1. The molecule has 3 N–H and O–H groups in total. The van der Waals surface area contributed by atoms with Crippen LogP contribution in [-0.2, 0) is 0 Å². The number of anilines is 2. The molecule has 0 aromatic carbocycles. The summed E-state index contributed by atoms with van der Waals surface area (Å²) in [6.07, 6.45) is 1.99. The molecule has 1 aromatic rings. The minimum absolute atomic E-state index is 0.318. The topological polar surface area (TPSA) is 92.4 Å². The Labute approximate surface area is 119 Å². The standard InChI is InChI=1S/C12H23N7O/c1-4-7-20-12-15-10(17-13)14-11(16-12)19-6-5-9(8-19)18(2)3/h9H,4-8,13H2,1-3H3,(H,14,15,16,17). The lowest BCUT2D eigenvalue weighted by Gasteiger charge is -2.20. The fourth-order valence-corrected chi connectivity index (χ4v) is 2.15. The van der Waals surface area contributed by atoms with Gasteiger partial charge in [-0.05, 0) is 26.9 Å².